The van der Waals surface area contributed by atoms with Crippen LogP contribution in [0.25, 0.3) is 0 Å². The molecular weight excluding hydrogens is 476 g/mol. The van der Waals surface area contributed by atoms with Crippen molar-refractivity contribution in [3.05, 3.63) is 47.5 Å². The average Bonchev–Trinajstić information content (AvgIpc) is 3.16. The van der Waals surface area contributed by atoms with Crippen LogP contribution in [0.2, 0.25) is 0 Å². The minimum absolute atomic E-state index is 0.0381. The van der Waals surface area contributed by atoms with Crippen LogP contribution in [-0.4, -0.2) is 63.8 Å². The number of Topliss-reactive ketones (excluding diaryl/α,β-unsaturated/α-hetero) is 1. The molecule has 2 aliphatic rings. The predicted molar refractivity (Wildman–Crippen MR) is 125 cm³/mol. The van der Waals surface area contributed by atoms with Crippen molar-refractivity contribution in [3.63, 3.8) is 0 Å². The van der Waals surface area contributed by atoms with Crippen LogP contribution in [0, 0.1) is 0 Å². The van der Waals surface area contributed by atoms with Crippen LogP contribution in [-0.2, 0) is 19.6 Å². The fraction of sp³-hybridized carbons (Fsp3) is 0.375. The monoisotopic (exact) mass is 502 g/mol. The summed E-state index contributed by atoms with van der Waals surface area (Å²) in [5.74, 6) is -1.17. The van der Waals surface area contributed by atoms with Crippen molar-refractivity contribution < 1.29 is 37.0 Å². The summed E-state index contributed by atoms with van der Waals surface area (Å²) >= 11 is 0. The van der Waals surface area contributed by atoms with E-state index in [1.165, 1.54) is 41.7 Å². The number of rotatable bonds is 7. The summed E-state index contributed by atoms with van der Waals surface area (Å²) in [4.78, 5) is 36.9. The van der Waals surface area contributed by atoms with Gasteiger partial charge in [-0.15, -0.1) is 0 Å². The number of hydrogen-bond donors (Lipinski definition) is 1. The van der Waals surface area contributed by atoms with Gasteiger partial charge in [0.05, 0.1) is 17.7 Å². The van der Waals surface area contributed by atoms with Crippen molar-refractivity contribution in [1.82, 2.24) is 4.31 Å². The second-order valence-corrected chi connectivity index (χ2v) is 10.2. The molecule has 1 N–H and O–H groups in total. The zero-order chi connectivity index (χ0) is 25.0. The van der Waals surface area contributed by atoms with Crippen molar-refractivity contribution >= 4 is 33.4 Å². The van der Waals surface area contributed by atoms with Crippen molar-refractivity contribution in [2.24, 2.45) is 0 Å². The quantitative estimate of drug-likeness (QED) is 0.452. The molecular formula is C24H26N2O8S. The summed E-state index contributed by atoms with van der Waals surface area (Å²) in [5.41, 5.74) is 0.473. The number of hydrogen-bond acceptors (Lipinski definition) is 8. The summed E-state index contributed by atoms with van der Waals surface area (Å²) in [6, 6.07) is 8.50. The van der Waals surface area contributed by atoms with Crippen LogP contribution >= 0.6 is 0 Å². The topological polar surface area (TPSA) is 128 Å². The summed E-state index contributed by atoms with van der Waals surface area (Å²) in [6.45, 7) is 0.162. The zero-order valence-corrected chi connectivity index (χ0v) is 20.1. The highest BCUT2D eigenvalue weighted by molar-refractivity contribution is 7.89. The van der Waals surface area contributed by atoms with E-state index in [9.17, 15) is 22.8 Å². The van der Waals surface area contributed by atoms with Crippen LogP contribution < -0.4 is 14.8 Å². The lowest BCUT2D eigenvalue weighted by molar-refractivity contribution is -0.118. The van der Waals surface area contributed by atoms with E-state index in [-0.39, 0.29) is 34.3 Å². The third kappa shape index (κ3) is 5.46. The number of fused-ring (bicyclic) bond motifs is 1. The van der Waals surface area contributed by atoms with Crippen molar-refractivity contribution in [1.29, 1.82) is 0 Å². The fourth-order valence-electron chi connectivity index (χ4n) is 3.99. The molecule has 1 saturated heterocycles. The van der Waals surface area contributed by atoms with Gasteiger partial charge in [0.15, 0.2) is 19.0 Å². The van der Waals surface area contributed by atoms with Gasteiger partial charge < -0.3 is 19.5 Å². The van der Waals surface area contributed by atoms with E-state index in [1.54, 1.807) is 6.07 Å². The molecule has 0 radical (unpaired) electrons. The van der Waals surface area contributed by atoms with Gasteiger partial charge in [0.25, 0.3) is 5.91 Å². The Kier molecular flexibility index (Phi) is 7.37. The number of benzene rings is 2. The maximum absolute atomic E-state index is 13.1. The van der Waals surface area contributed by atoms with Crippen LogP contribution in [0.5, 0.6) is 11.5 Å². The Morgan fingerprint density at radius 2 is 1.80 bits per heavy atom. The first-order chi connectivity index (χ1) is 16.8. The molecule has 0 atom stereocenters. The molecule has 0 saturated carbocycles. The van der Waals surface area contributed by atoms with Gasteiger partial charge in [0, 0.05) is 18.7 Å². The summed E-state index contributed by atoms with van der Waals surface area (Å²) in [6.07, 6.45) is 3.52. The molecule has 0 spiro atoms. The van der Waals surface area contributed by atoms with Gasteiger partial charge in [-0.05, 0) is 49.2 Å². The van der Waals surface area contributed by atoms with Gasteiger partial charge in [-0.1, -0.05) is 12.8 Å². The van der Waals surface area contributed by atoms with Gasteiger partial charge >= 0.3 is 5.97 Å². The van der Waals surface area contributed by atoms with Gasteiger partial charge in [0.2, 0.25) is 10.0 Å². The lowest BCUT2D eigenvalue weighted by Gasteiger charge is -2.20. The number of carbonyl (C=O) groups excluding carboxylic acids is 3. The Morgan fingerprint density at radius 1 is 1.06 bits per heavy atom. The molecule has 2 heterocycles. The molecule has 2 aromatic rings. The second kappa shape index (κ2) is 10.4. The molecule has 10 nitrogen and oxygen atoms in total. The molecule has 0 unspecified atom stereocenters. The Labute approximate surface area is 203 Å². The van der Waals surface area contributed by atoms with Crippen LogP contribution in [0.15, 0.2) is 41.3 Å². The molecule has 4 rings (SSSR count). The summed E-state index contributed by atoms with van der Waals surface area (Å²) in [7, 11) is -2.45. The third-order valence-corrected chi connectivity index (χ3v) is 7.76. The van der Waals surface area contributed by atoms with E-state index in [0.29, 0.717) is 24.5 Å². The average molecular weight is 503 g/mol. The largest absolute Gasteiger partial charge is 0.496 e. The van der Waals surface area contributed by atoms with E-state index in [1.807, 2.05) is 0 Å². The number of anilines is 1. The number of esters is 1. The van der Waals surface area contributed by atoms with E-state index >= 15 is 0 Å². The molecule has 11 heteroatoms. The minimum atomic E-state index is -3.80. The number of ether oxygens (including phenoxy) is 3. The molecule has 2 aliphatic heterocycles. The van der Waals surface area contributed by atoms with E-state index < -0.39 is 28.4 Å². The lowest BCUT2D eigenvalue weighted by atomic mass is 10.1. The normalized spacial score (nSPS) is 16.3. The second-order valence-electron chi connectivity index (χ2n) is 8.23. The number of methoxy groups -OCH3 is 1. The fourth-order valence-corrected chi connectivity index (χ4v) is 5.53. The number of nitrogens with zero attached hydrogens (tertiary/aromatic N) is 1. The first-order valence-electron chi connectivity index (χ1n) is 11.2. The Morgan fingerprint density at radius 3 is 2.51 bits per heavy atom. The Balaban J connectivity index is 1.49. The third-order valence-electron chi connectivity index (χ3n) is 5.86. The number of sulfonamides is 1. The van der Waals surface area contributed by atoms with Crippen LogP contribution in [0.3, 0.4) is 0 Å². The maximum atomic E-state index is 13.1. The van der Waals surface area contributed by atoms with Crippen molar-refractivity contribution in [3.8, 4) is 11.5 Å². The molecule has 186 valence electrons. The van der Waals surface area contributed by atoms with Gasteiger partial charge in [0.1, 0.15) is 17.1 Å². The minimum Gasteiger partial charge on any atom is -0.496 e. The standard InChI is InChI=1S/C24H26N2O8S/c1-32-21-9-7-17(35(30,31)26-10-4-2-3-5-11-26)13-18(21)24(29)34-14-20(27)16-6-8-22-19(12-16)25-23(28)15-33-22/h6-9,12-13H,2-5,10-11,14-15H2,1H3,(H,25,28). The summed E-state index contributed by atoms with van der Waals surface area (Å²) < 4.78 is 43.4. The predicted octanol–water partition coefficient (Wildman–Crippen LogP) is 2.63. The van der Waals surface area contributed by atoms with E-state index in [4.69, 9.17) is 14.2 Å². The molecule has 0 aliphatic carbocycles. The van der Waals surface area contributed by atoms with Crippen LogP contribution in [0.1, 0.15) is 46.4 Å². The maximum Gasteiger partial charge on any atom is 0.342 e. The molecule has 1 fully saturated rings. The van der Waals surface area contributed by atoms with Gasteiger partial charge in [-0.25, -0.2) is 13.2 Å². The molecule has 1 amide bonds. The van der Waals surface area contributed by atoms with Gasteiger partial charge in [-0.2, -0.15) is 4.31 Å². The zero-order valence-electron chi connectivity index (χ0n) is 19.2. The van der Waals surface area contributed by atoms with Crippen molar-refractivity contribution in [2.45, 2.75) is 30.6 Å². The van der Waals surface area contributed by atoms with Gasteiger partial charge in [-0.3, -0.25) is 9.59 Å². The first-order valence-corrected chi connectivity index (χ1v) is 12.7. The number of ketones is 1. The number of carbonyl (C=O) groups is 3. The Hall–Kier alpha value is -3.44. The number of nitrogens with one attached hydrogen (secondary N) is 1. The molecule has 35 heavy (non-hydrogen) atoms. The summed E-state index contributed by atoms with van der Waals surface area (Å²) in [5, 5.41) is 2.61. The highest BCUT2D eigenvalue weighted by atomic mass is 32.2. The number of amides is 1. The highest BCUT2D eigenvalue weighted by Crippen LogP contribution is 2.29. The molecule has 0 aromatic heterocycles. The highest BCUT2D eigenvalue weighted by Gasteiger charge is 2.28. The molecule has 0 bridgehead atoms. The smallest absolute Gasteiger partial charge is 0.342 e. The first kappa shape index (κ1) is 24.7. The Bertz CT molecular complexity index is 1250. The van der Waals surface area contributed by atoms with E-state index in [0.717, 1.165) is 25.7 Å². The van der Waals surface area contributed by atoms with Crippen LogP contribution in [0.4, 0.5) is 5.69 Å². The van der Waals surface area contributed by atoms with Crippen molar-refractivity contribution in [2.75, 3.05) is 38.7 Å². The molecule has 2 aromatic carbocycles. The van der Waals surface area contributed by atoms with E-state index in [2.05, 4.69) is 5.32 Å². The lowest BCUT2D eigenvalue weighted by Crippen LogP contribution is -2.32. The SMILES string of the molecule is COc1ccc(S(=O)(=O)N2CCCCCC2)cc1C(=O)OCC(=O)c1ccc2c(c1)NC(=O)CO2.